The molecule has 1 fully saturated rings. The Kier molecular flexibility index (Phi) is 5.38. The van der Waals surface area contributed by atoms with Crippen LogP contribution in [0.5, 0.6) is 0 Å². The summed E-state index contributed by atoms with van der Waals surface area (Å²) in [5, 5.41) is 2.71. The van der Waals surface area contributed by atoms with Gasteiger partial charge in [0.1, 0.15) is 5.82 Å². The van der Waals surface area contributed by atoms with Crippen molar-refractivity contribution in [1.29, 1.82) is 0 Å². The largest absolute Gasteiger partial charge is 0.307 e. The Bertz CT molecular complexity index is 912. The van der Waals surface area contributed by atoms with E-state index >= 15 is 0 Å². The molecule has 138 valence electrons. The van der Waals surface area contributed by atoms with Gasteiger partial charge in [-0.15, -0.1) is 0 Å². The lowest BCUT2D eigenvalue weighted by atomic mass is 10.1. The smallest absolute Gasteiger partial charge is 0.256 e. The molecule has 1 aliphatic heterocycles. The van der Waals surface area contributed by atoms with Gasteiger partial charge in [0.25, 0.3) is 5.91 Å². The maximum absolute atomic E-state index is 13.0. The Morgan fingerprint density at radius 1 is 1.23 bits per heavy atom. The molecular weight excluding hydrogens is 350 g/mol. The van der Waals surface area contributed by atoms with E-state index in [1.165, 1.54) is 10.4 Å². The molecule has 2 aromatic rings. The van der Waals surface area contributed by atoms with Crippen LogP contribution in [0.1, 0.15) is 42.1 Å². The third-order valence-corrected chi connectivity index (χ3v) is 6.61. The van der Waals surface area contributed by atoms with Crippen LogP contribution in [-0.4, -0.2) is 36.2 Å². The van der Waals surface area contributed by atoms with Gasteiger partial charge in [-0.25, -0.2) is 13.4 Å². The second-order valence-electron chi connectivity index (χ2n) is 6.66. The van der Waals surface area contributed by atoms with E-state index in [0.717, 1.165) is 24.8 Å². The highest BCUT2D eigenvalue weighted by molar-refractivity contribution is 7.89. The van der Waals surface area contributed by atoms with Gasteiger partial charge in [-0.2, -0.15) is 4.31 Å². The van der Waals surface area contributed by atoms with E-state index in [4.69, 9.17) is 0 Å². The van der Waals surface area contributed by atoms with Crippen molar-refractivity contribution in [3.8, 4) is 0 Å². The Morgan fingerprint density at radius 2 is 2.04 bits per heavy atom. The van der Waals surface area contributed by atoms with Crippen molar-refractivity contribution in [3.63, 3.8) is 0 Å². The molecule has 1 unspecified atom stereocenters. The van der Waals surface area contributed by atoms with Crippen LogP contribution < -0.4 is 5.32 Å². The number of carbonyl (C=O) groups excluding carboxylic acids is 1. The number of aromatic nitrogens is 1. The third kappa shape index (κ3) is 3.94. The third-order valence-electron chi connectivity index (χ3n) is 4.60. The molecule has 1 aromatic heterocycles. The molecule has 1 saturated heterocycles. The minimum atomic E-state index is -3.61. The van der Waals surface area contributed by atoms with Gasteiger partial charge in [0.2, 0.25) is 10.0 Å². The molecule has 6 nitrogen and oxygen atoms in total. The van der Waals surface area contributed by atoms with Crippen molar-refractivity contribution < 1.29 is 13.2 Å². The zero-order chi connectivity index (χ0) is 18.7. The highest BCUT2D eigenvalue weighted by atomic mass is 32.2. The zero-order valence-electron chi connectivity index (χ0n) is 15.0. The molecular formula is C19H23N3O3S. The molecule has 0 aliphatic carbocycles. The van der Waals surface area contributed by atoms with Crippen molar-refractivity contribution in [2.75, 3.05) is 11.9 Å². The topological polar surface area (TPSA) is 79.4 Å². The van der Waals surface area contributed by atoms with Gasteiger partial charge in [-0.1, -0.05) is 12.5 Å². The Labute approximate surface area is 154 Å². The summed E-state index contributed by atoms with van der Waals surface area (Å²) in [6.07, 6.45) is 4.38. The maximum Gasteiger partial charge on any atom is 0.256 e. The van der Waals surface area contributed by atoms with Crippen LogP contribution in [0.2, 0.25) is 0 Å². The lowest BCUT2D eigenvalue weighted by Gasteiger charge is -2.32. The van der Waals surface area contributed by atoms with E-state index in [0.29, 0.717) is 17.9 Å². The van der Waals surface area contributed by atoms with Crippen molar-refractivity contribution in [2.24, 2.45) is 0 Å². The summed E-state index contributed by atoms with van der Waals surface area (Å²) < 4.78 is 27.5. The summed E-state index contributed by atoms with van der Waals surface area (Å²) in [5.41, 5.74) is 1.27. The number of sulfonamides is 1. The molecule has 0 radical (unpaired) electrons. The second-order valence-corrected chi connectivity index (χ2v) is 8.55. The summed E-state index contributed by atoms with van der Waals surface area (Å²) in [6.45, 7) is 4.36. The molecule has 7 heteroatoms. The number of nitrogens with one attached hydrogen (secondary N) is 1. The van der Waals surface area contributed by atoms with Crippen molar-refractivity contribution in [1.82, 2.24) is 9.29 Å². The molecule has 0 saturated carbocycles. The number of amides is 1. The summed E-state index contributed by atoms with van der Waals surface area (Å²) in [6, 6.07) is 9.74. The molecule has 1 N–H and O–H groups in total. The fourth-order valence-electron chi connectivity index (χ4n) is 3.16. The normalized spacial score (nSPS) is 18.5. The first-order chi connectivity index (χ1) is 12.4. The number of rotatable bonds is 4. The first-order valence-corrected chi connectivity index (χ1v) is 10.2. The number of hydrogen-bond donors (Lipinski definition) is 1. The van der Waals surface area contributed by atoms with Gasteiger partial charge in [-0.3, -0.25) is 4.79 Å². The summed E-state index contributed by atoms with van der Waals surface area (Å²) in [4.78, 5) is 16.7. The molecule has 1 aromatic carbocycles. The molecule has 26 heavy (non-hydrogen) atoms. The van der Waals surface area contributed by atoms with Crippen LogP contribution in [0.15, 0.2) is 47.5 Å². The number of benzene rings is 1. The summed E-state index contributed by atoms with van der Waals surface area (Å²) in [7, 11) is -3.61. The Hall–Kier alpha value is -2.25. The van der Waals surface area contributed by atoms with E-state index in [-0.39, 0.29) is 16.8 Å². The predicted octanol–water partition coefficient (Wildman–Crippen LogP) is 3.21. The number of anilines is 1. The zero-order valence-corrected chi connectivity index (χ0v) is 15.8. The van der Waals surface area contributed by atoms with Crippen LogP contribution in [0.3, 0.4) is 0 Å². The van der Waals surface area contributed by atoms with Crippen molar-refractivity contribution in [3.05, 3.63) is 53.7 Å². The maximum atomic E-state index is 13.0. The van der Waals surface area contributed by atoms with Crippen molar-refractivity contribution in [2.45, 2.75) is 44.0 Å². The number of aryl methyl sites for hydroxylation is 1. The fraction of sp³-hybridized carbons (Fsp3) is 0.368. The fourth-order valence-corrected chi connectivity index (χ4v) is 4.90. The molecule has 3 rings (SSSR count). The van der Waals surface area contributed by atoms with E-state index in [9.17, 15) is 13.2 Å². The van der Waals surface area contributed by atoms with Crippen LogP contribution >= 0.6 is 0 Å². The average Bonchev–Trinajstić information content (AvgIpc) is 2.62. The molecule has 1 aliphatic rings. The van der Waals surface area contributed by atoms with E-state index < -0.39 is 10.0 Å². The molecule has 0 bridgehead atoms. The minimum absolute atomic E-state index is 0.0253. The van der Waals surface area contributed by atoms with Gasteiger partial charge >= 0.3 is 0 Å². The first kappa shape index (κ1) is 18.5. The standard InChI is InChI=1S/C19H23N3O3S/c1-14-9-10-20-18(12-14)21-19(23)16-7-5-8-17(13-16)26(24,25)22-11-4-3-6-15(22)2/h5,7-10,12-13,15H,3-4,6,11H2,1-2H3,(H,20,21,23). The first-order valence-electron chi connectivity index (χ1n) is 8.74. The van der Waals surface area contributed by atoms with Crippen LogP contribution in [0.25, 0.3) is 0 Å². The lowest BCUT2D eigenvalue weighted by molar-refractivity contribution is 0.102. The van der Waals surface area contributed by atoms with Crippen LogP contribution in [0.4, 0.5) is 5.82 Å². The highest BCUT2D eigenvalue weighted by Crippen LogP contribution is 2.25. The molecule has 2 heterocycles. The highest BCUT2D eigenvalue weighted by Gasteiger charge is 2.31. The number of hydrogen-bond acceptors (Lipinski definition) is 4. The van der Waals surface area contributed by atoms with Gasteiger partial charge in [-0.05, 0) is 62.6 Å². The van der Waals surface area contributed by atoms with E-state index in [1.54, 1.807) is 30.5 Å². The van der Waals surface area contributed by atoms with Gasteiger partial charge < -0.3 is 5.32 Å². The SMILES string of the molecule is Cc1ccnc(NC(=O)c2cccc(S(=O)(=O)N3CCCCC3C)c2)c1. The monoisotopic (exact) mass is 373 g/mol. The number of piperidine rings is 1. The van der Waals surface area contributed by atoms with Crippen molar-refractivity contribution >= 4 is 21.7 Å². The van der Waals surface area contributed by atoms with Gasteiger partial charge in [0, 0.05) is 24.3 Å². The summed E-state index contributed by atoms with van der Waals surface area (Å²) in [5.74, 6) is 0.0553. The summed E-state index contributed by atoms with van der Waals surface area (Å²) >= 11 is 0. The molecule has 1 atom stereocenters. The minimum Gasteiger partial charge on any atom is -0.307 e. The molecule has 1 amide bonds. The Balaban J connectivity index is 1.84. The van der Waals surface area contributed by atoms with E-state index in [1.807, 2.05) is 19.9 Å². The van der Waals surface area contributed by atoms with Crippen LogP contribution in [0, 0.1) is 6.92 Å². The average molecular weight is 373 g/mol. The number of pyridine rings is 1. The lowest BCUT2D eigenvalue weighted by Crippen LogP contribution is -2.41. The van der Waals surface area contributed by atoms with Gasteiger partial charge in [0.05, 0.1) is 4.90 Å². The second kappa shape index (κ2) is 7.55. The van der Waals surface area contributed by atoms with Crippen LogP contribution in [-0.2, 0) is 10.0 Å². The van der Waals surface area contributed by atoms with E-state index in [2.05, 4.69) is 10.3 Å². The predicted molar refractivity (Wildman–Crippen MR) is 101 cm³/mol. The van der Waals surface area contributed by atoms with Gasteiger partial charge in [0.15, 0.2) is 0 Å². The number of nitrogens with zero attached hydrogens (tertiary/aromatic N) is 2. The number of carbonyl (C=O) groups is 1. The quantitative estimate of drug-likeness (QED) is 0.892. The Morgan fingerprint density at radius 3 is 2.77 bits per heavy atom. The molecule has 0 spiro atoms.